The lowest BCUT2D eigenvalue weighted by Crippen LogP contribution is -2.24. The molecule has 0 aliphatic carbocycles. The Morgan fingerprint density at radius 2 is 1.89 bits per heavy atom. The van der Waals surface area contributed by atoms with Crippen LogP contribution >= 0.6 is 0 Å². The maximum atomic E-state index is 12.5. The number of benzene rings is 1. The average molecular weight is 406 g/mol. The Kier molecular flexibility index (Phi) is 5.98. The number of hydrogen-bond donors (Lipinski definition) is 0. The van der Waals surface area contributed by atoms with E-state index in [-0.39, 0.29) is 10.3 Å². The fourth-order valence-corrected chi connectivity index (χ4v) is 4.47. The Bertz CT molecular complexity index is 921. The summed E-state index contributed by atoms with van der Waals surface area (Å²) in [6.45, 7) is 9.03. The van der Waals surface area contributed by atoms with Crippen LogP contribution in [0.2, 0.25) is 0 Å². The van der Waals surface area contributed by atoms with E-state index in [2.05, 4.69) is 31.5 Å². The van der Waals surface area contributed by atoms with Crippen molar-refractivity contribution in [3.63, 3.8) is 0 Å². The fourth-order valence-electron chi connectivity index (χ4n) is 3.53. The minimum atomic E-state index is -3.48. The van der Waals surface area contributed by atoms with Crippen LogP contribution in [-0.4, -0.2) is 49.6 Å². The third-order valence-corrected chi connectivity index (χ3v) is 6.96. The number of rotatable bonds is 5. The highest BCUT2D eigenvalue weighted by Crippen LogP contribution is 2.29. The zero-order chi connectivity index (χ0) is 20.5. The first-order chi connectivity index (χ1) is 13.1. The smallest absolute Gasteiger partial charge is 0.242 e. The lowest BCUT2D eigenvalue weighted by atomic mass is 9.94. The summed E-state index contributed by atoms with van der Waals surface area (Å²) in [6, 6.07) is 7.04. The van der Waals surface area contributed by atoms with Gasteiger partial charge in [-0.25, -0.2) is 17.7 Å². The molecule has 154 valence electrons. The first-order valence-corrected chi connectivity index (χ1v) is 11.2. The van der Waals surface area contributed by atoms with Gasteiger partial charge in [-0.15, -0.1) is 0 Å². The molecule has 6 nitrogen and oxygen atoms in total. The molecule has 0 radical (unpaired) electrons. The summed E-state index contributed by atoms with van der Waals surface area (Å²) in [5.74, 6) is 1.60. The molecule has 1 aromatic carbocycles. The van der Waals surface area contributed by atoms with Crippen LogP contribution in [0.15, 0.2) is 35.4 Å². The summed E-state index contributed by atoms with van der Waals surface area (Å²) in [5, 5.41) is 0. The molecule has 1 aliphatic rings. The Morgan fingerprint density at radius 3 is 2.50 bits per heavy atom. The van der Waals surface area contributed by atoms with Crippen LogP contribution in [0.25, 0.3) is 11.3 Å². The summed E-state index contributed by atoms with van der Waals surface area (Å²) >= 11 is 0. The van der Waals surface area contributed by atoms with Crippen LogP contribution in [0.5, 0.6) is 0 Å². The van der Waals surface area contributed by atoms with Crippen molar-refractivity contribution < 1.29 is 13.2 Å². The normalized spacial score (nSPS) is 16.6. The Morgan fingerprint density at radius 1 is 1.21 bits per heavy atom. The van der Waals surface area contributed by atoms with Gasteiger partial charge in [0.25, 0.3) is 0 Å². The maximum Gasteiger partial charge on any atom is 0.242 e. The van der Waals surface area contributed by atoms with Gasteiger partial charge >= 0.3 is 0 Å². The molecule has 3 rings (SSSR count). The van der Waals surface area contributed by atoms with Crippen LogP contribution in [0.3, 0.4) is 0 Å². The highest BCUT2D eigenvalue weighted by Gasteiger charge is 2.25. The first-order valence-electron chi connectivity index (χ1n) is 9.77. The lowest BCUT2D eigenvalue weighted by molar-refractivity contribution is 0.0608. The monoisotopic (exact) mass is 405 g/mol. The van der Waals surface area contributed by atoms with Crippen molar-refractivity contribution in [3.8, 4) is 11.3 Å². The van der Waals surface area contributed by atoms with Gasteiger partial charge in [0.05, 0.1) is 10.6 Å². The second-order valence-corrected chi connectivity index (χ2v) is 10.9. The van der Waals surface area contributed by atoms with Gasteiger partial charge in [-0.1, -0.05) is 32.9 Å². The molecule has 1 aliphatic heterocycles. The van der Waals surface area contributed by atoms with Crippen molar-refractivity contribution in [2.45, 2.75) is 50.5 Å². The van der Waals surface area contributed by atoms with Gasteiger partial charge in [0.2, 0.25) is 10.0 Å². The van der Waals surface area contributed by atoms with E-state index in [1.54, 1.807) is 32.3 Å². The minimum absolute atomic E-state index is 0.100. The van der Waals surface area contributed by atoms with E-state index < -0.39 is 10.0 Å². The number of nitrogens with zero attached hydrogens (tertiary/aromatic N) is 3. The highest BCUT2D eigenvalue weighted by atomic mass is 32.2. The van der Waals surface area contributed by atoms with Gasteiger partial charge in [0.15, 0.2) is 0 Å². The standard InChI is InChI=1S/C21H31N3O3S/c1-21(2,3)20-22-19(15-24(20)14-16-9-11-27-12-10-16)17-7-6-8-18(13-17)28(25,26)23(4)5/h6-8,13,15-16H,9-12,14H2,1-5H3. The average Bonchev–Trinajstić information content (AvgIpc) is 3.07. The molecule has 0 unspecified atom stereocenters. The number of aromatic nitrogens is 2. The largest absolute Gasteiger partial charge is 0.381 e. The molecule has 1 fully saturated rings. The number of imidazole rings is 1. The molecule has 2 aromatic rings. The minimum Gasteiger partial charge on any atom is -0.381 e. The summed E-state index contributed by atoms with van der Waals surface area (Å²) in [4.78, 5) is 5.19. The molecule has 0 amide bonds. The SMILES string of the molecule is CN(C)S(=O)(=O)c1cccc(-c2cn(CC3CCOCC3)c(C(C)(C)C)n2)c1. The van der Waals surface area contributed by atoms with Crippen molar-refractivity contribution >= 4 is 10.0 Å². The van der Waals surface area contributed by atoms with E-state index in [1.165, 1.54) is 4.31 Å². The zero-order valence-corrected chi connectivity index (χ0v) is 18.3. The lowest BCUT2D eigenvalue weighted by Gasteiger charge is -2.25. The van der Waals surface area contributed by atoms with Crippen molar-refractivity contribution in [2.75, 3.05) is 27.3 Å². The van der Waals surface area contributed by atoms with Crippen molar-refractivity contribution in [1.82, 2.24) is 13.9 Å². The molecule has 0 bridgehead atoms. The molecule has 0 spiro atoms. The number of hydrogen-bond acceptors (Lipinski definition) is 4. The van der Waals surface area contributed by atoms with Crippen molar-refractivity contribution in [1.29, 1.82) is 0 Å². The predicted molar refractivity (Wildman–Crippen MR) is 111 cm³/mol. The van der Waals surface area contributed by atoms with E-state index >= 15 is 0 Å². The number of sulfonamides is 1. The Labute approximate surface area is 168 Å². The van der Waals surface area contributed by atoms with Gasteiger partial charge < -0.3 is 9.30 Å². The molecule has 7 heteroatoms. The van der Waals surface area contributed by atoms with Gasteiger partial charge in [0.1, 0.15) is 5.82 Å². The van der Waals surface area contributed by atoms with Crippen LogP contribution in [0, 0.1) is 5.92 Å². The van der Waals surface area contributed by atoms with Gasteiger partial charge in [0, 0.05) is 51.0 Å². The van der Waals surface area contributed by atoms with Crippen molar-refractivity contribution in [3.05, 3.63) is 36.3 Å². The van der Waals surface area contributed by atoms with Gasteiger partial charge in [-0.2, -0.15) is 0 Å². The van der Waals surface area contributed by atoms with Crippen LogP contribution < -0.4 is 0 Å². The second-order valence-electron chi connectivity index (χ2n) is 8.72. The maximum absolute atomic E-state index is 12.5. The summed E-state index contributed by atoms with van der Waals surface area (Å²) < 4.78 is 34.0. The van der Waals surface area contributed by atoms with E-state index in [0.717, 1.165) is 49.7 Å². The molecule has 0 atom stereocenters. The van der Waals surface area contributed by atoms with Crippen LogP contribution in [0.4, 0.5) is 0 Å². The van der Waals surface area contributed by atoms with Crippen LogP contribution in [-0.2, 0) is 26.7 Å². The van der Waals surface area contributed by atoms with Gasteiger partial charge in [-0.3, -0.25) is 0 Å². The zero-order valence-electron chi connectivity index (χ0n) is 17.5. The van der Waals surface area contributed by atoms with Crippen LogP contribution in [0.1, 0.15) is 39.4 Å². The van der Waals surface area contributed by atoms with E-state index in [0.29, 0.717) is 5.92 Å². The topological polar surface area (TPSA) is 64.4 Å². The summed E-state index contributed by atoms with van der Waals surface area (Å²) in [6.07, 6.45) is 4.19. The van der Waals surface area contributed by atoms with Crippen molar-refractivity contribution in [2.24, 2.45) is 5.92 Å². The second kappa shape index (κ2) is 7.97. The Balaban J connectivity index is 1.99. The highest BCUT2D eigenvalue weighted by molar-refractivity contribution is 7.89. The van der Waals surface area contributed by atoms with Gasteiger partial charge in [-0.05, 0) is 30.9 Å². The molecular formula is C21H31N3O3S. The summed E-state index contributed by atoms with van der Waals surface area (Å²) in [5.41, 5.74) is 1.53. The molecule has 0 saturated carbocycles. The van der Waals surface area contributed by atoms with E-state index in [1.807, 2.05) is 6.07 Å². The van der Waals surface area contributed by atoms with E-state index in [4.69, 9.17) is 9.72 Å². The molecular weight excluding hydrogens is 374 g/mol. The van der Waals surface area contributed by atoms with E-state index in [9.17, 15) is 8.42 Å². The molecule has 2 heterocycles. The molecule has 0 N–H and O–H groups in total. The first kappa shape index (κ1) is 21.0. The third-order valence-electron chi connectivity index (χ3n) is 5.15. The summed E-state index contributed by atoms with van der Waals surface area (Å²) in [7, 11) is -0.389. The third kappa shape index (κ3) is 4.47. The molecule has 1 saturated heterocycles. The number of ether oxygens (including phenoxy) is 1. The Hall–Kier alpha value is -1.70. The molecule has 28 heavy (non-hydrogen) atoms. The quantitative estimate of drug-likeness (QED) is 0.763. The fraction of sp³-hybridized carbons (Fsp3) is 0.571. The molecule has 1 aromatic heterocycles. The predicted octanol–water partition coefficient (Wildman–Crippen LogP) is 3.52.